The zero-order valence-corrected chi connectivity index (χ0v) is 21.1. The molecule has 0 saturated heterocycles. The third-order valence-electron chi connectivity index (χ3n) is 5.44. The van der Waals surface area contributed by atoms with Crippen molar-refractivity contribution in [2.45, 2.75) is 59.2 Å². The molecule has 0 heterocycles. The minimum Gasteiger partial charge on any atom is -0.497 e. The predicted molar refractivity (Wildman–Crippen MR) is 130 cm³/mol. The van der Waals surface area contributed by atoms with E-state index in [1.807, 2.05) is 56.3 Å². The van der Waals surface area contributed by atoms with Crippen LogP contribution in [0.5, 0.6) is 11.5 Å². The summed E-state index contributed by atoms with van der Waals surface area (Å²) in [5, 5.41) is 2.96. The number of hydrogen-bond acceptors (Lipinski definition) is 4. The summed E-state index contributed by atoms with van der Waals surface area (Å²) in [7, 11) is 1.61. The minimum atomic E-state index is -0.645. The summed E-state index contributed by atoms with van der Waals surface area (Å²) in [5.74, 6) is 0.878. The Morgan fingerprint density at radius 3 is 2.28 bits per heavy atom. The van der Waals surface area contributed by atoms with Crippen LogP contribution < -0.4 is 14.8 Å². The first kappa shape index (κ1) is 25.7. The number of benzene rings is 2. The first-order chi connectivity index (χ1) is 15.3. The number of aryl methyl sites for hydroxylation is 1. The molecule has 1 N–H and O–H groups in total. The fraction of sp³-hybridized carbons (Fsp3) is 0.440. The van der Waals surface area contributed by atoms with Crippen LogP contribution in [0.4, 0.5) is 0 Å². The smallest absolute Gasteiger partial charge is 0.261 e. The number of carbonyl (C=O) groups excluding carboxylic acids is 2. The van der Waals surface area contributed by atoms with E-state index in [0.717, 1.165) is 28.6 Å². The molecule has 6 nitrogen and oxygen atoms in total. The van der Waals surface area contributed by atoms with E-state index in [0.29, 0.717) is 5.75 Å². The van der Waals surface area contributed by atoms with Crippen LogP contribution in [0.1, 0.15) is 45.2 Å². The van der Waals surface area contributed by atoms with Crippen molar-refractivity contribution < 1.29 is 19.1 Å². The molecular formula is C25H33BrN2O4. The van der Waals surface area contributed by atoms with Gasteiger partial charge in [-0.25, -0.2) is 0 Å². The normalized spacial score (nSPS) is 12.6. The number of hydrogen-bond donors (Lipinski definition) is 1. The molecule has 2 rings (SSSR count). The summed E-state index contributed by atoms with van der Waals surface area (Å²) in [6, 6.07) is 12.6. The van der Waals surface area contributed by atoms with Crippen molar-refractivity contribution in [3.05, 3.63) is 58.1 Å². The van der Waals surface area contributed by atoms with Gasteiger partial charge in [0.05, 0.1) is 11.6 Å². The highest BCUT2D eigenvalue weighted by atomic mass is 79.9. The maximum absolute atomic E-state index is 13.2. The first-order valence-corrected chi connectivity index (χ1v) is 11.7. The van der Waals surface area contributed by atoms with E-state index in [4.69, 9.17) is 9.47 Å². The number of nitrogens with one attached hydrogen (secondary N) is 1. The van der Waals surface area contributed by atoms with Crippen LogP contribution in [0, 0.1) is 0 Å². The third-order valence-corrected chi connectivity index (χ3v) is 6.06. The van der Waals surface area contributed by atoms with E-state index in [1.165, 1.54) is 5.56 Å². The molecule has 32 heavy (non-hydrogen) atoms. The van der Waals surface area contributed by atoms with Gasteiger partial charge in [-0.3, -0.25) is 9.59 Å². The number of methoxy groups -OCH3 is 1. The second-order valence-electron chi connectivity index (χ2n) is 7.77. The second-order valence-corrected chi connectivity index (χ2v) is 8.62. The molecule has 174 valence electrons. The van der Waals surface area contributed by atoms with E-state index < -0.39 is 6.04 Å². The monoisotopic (exact) mass is 504 g/mol. The Balaban J connectivity index is 2.17. The number of ether oxygens (including phenoxy) is 2. The number of carbonyl (C=O) groups is 2. The predicted octanol–water partition coefficient (Wildman–Crippen LogP) is 4.73. The highest BCUT2D eigenvalue weighted by Crippen LogP contribution is 2.26. The summed E-state index contributed by atoms with van der Waals surface area (Å²) in [5.41, 5.74) is 2.07. The molecule has 2 amide bonds. The Bertz CT molecular complexity index is 901. The summed E-state index contributed by atoms with van der Waals surface area (Å²) >= 11 is 3.50. The molecular weight excluding hydrogens is 472 g/mol. The Hall–Kier alpha value is -2.54. The number of halogens is 1. The fourth-order valence-electron chi connectivity index (χ4n) is 3.08. The fourth-order valence-corrected chi connectivity index (χ4v) is 3.62. The number of rotatable bonds is 11. The molecule has 7 heteroatoms. The van der Waals surface area contributed by atoms with Gasteiger partial charge in [-0.05, 0) is 78.0 Å². The third kappa shape index (κ3) is 7.26. The molecule has 0 bridgehead atoms. The van der Waals surface area contributed by atoms with E-state index in [9.17, 15) is 9.59 Å². The lowest BCUT2D eigenvalue weighted by Gasteiger charge is -2.29. The summed E-state index contributed by atoms with van der Waals surface area (Å²) in [4.78, 5) is 27.5. The highest BCUT2D eigenvalue weighted by Gasteiger charge is 2.27. The average Bonchev–Trinajstić information content (AvgIpc) is 2.81. The van der Waals surface area contributed by atoms with Gasteiger partial charge in [-0.15, -0.1) is 0 Å². The van der Waals surface area contributed by atoms with Crippen LogP contribution in [-0.2, 0) is 22.6 Å². The van der Waals surface area contributed by atoms with Crippen LogP contribution in [0.25, 0.3) is 0 Å². The lowest BCUT2D eigenvalue weighted by atomic mass is 10.1. The van der Waals surface area contributed by atoms with Gasteiger partial charge in [0.25, 0.3) is 5.91 Å². The van der Waals surface area contributed by atoms with Gasteiger partial charge in [0, 0.05) is 12.6 Å². The van der Waals surface area contributed by atoms with Gasteiger partial charge in [0.1, 0.15) is 17.5 Å². The first-order valence-electron chi connectivity index (χ1n) is 10.9. The van der Waals surface area contributed by atoms with Crippen LogP contribution in [0.15, 0.2) is 46.9 Å². The topological polar surface area (TPSA) is 67.9 Å². The SMILES string of the molecule is CCc1ccc(OCC(=O)N(Cc2ccc(OC)cc2)[C@@H](C)C(=O)N[C@H](C)CC)c(Br)c1. The summed E-state index contributed by atoms with van der Waals surface area (Å²) < 4.78 is 11.8. The molecule has 0 spiro atoms. The van der Waals surface area contributed by atoms with Crippen LogP contribution >= 0.6 is 15.9 Å². The van der Waals surface area contributed by atoms with Gasteiger partial charge in [-0.2, -0.15) is 0 Å². The summed E-state index contributed by atoms with van der Waals surface area (Å²) in [6.45, 7) is 7.89. The molecule has 0 aliphatic rings. The maximum Gasteiger partial charge on any atom is 0.261 e. The van der Waals surface area contributed by atoms with Crippen LogP contribution in [0.3, 0.4) is 0 Å². The van der Waals surface area contributed by atoms with E-state index in [1.54, 1.807) is 18.9 Å². The van der Waals surface area contributed by atoms with Crippen molar-refractivity contribution in [3.63, 3.8) is 0 Å². The van der Waals surface area contributed by atoms with Gasteiger partial charge in [0.15, 0.2) is 6.61 Å². The van der Waals surface area contributed by atoms with E-state index in [2.05, 4.69) is 28.2 Å². The lowest BCUT2D eigenvalue weighted by molar-refractivity contribution is -0.142. The Morgan fingerprint density at radius 2 is 1.72 bits per heavy atom. The van der Waals surface area contributed by atoms with Gasteiger partial charge in [0.2, 0.25) is 5.91 Å². The van der Waals surface area contributed by atoms with Crippen molar-refractivity contribution in [2.75, 3.05) is 13.7 Å². The van der Waals surface area contributed by atoms with Gasteiger partial charge >= 0.3 is 0 Å². The Kier molecular flexibility index (Phi) is 10.0. The van der Waals surface area contributed by atoms with Crippen molar-refractivity contribution in [2.24, 2.45) is 0 Å². The molecule has 2 aromatic carbocycles. The standard InChI is InChI=1S/C25H33BrN2O4/c1-6-17(3)27-25(30)18(4)28(15-20-8-11-21(31-5)12-9-20)24(29)16-32-23-13-10-19(7-2)14-22(23)26/h8-14,17-18H,6-7,15-16H2,1-5H3,(H,27,30)/t17-,18+/m1/s1. The Morgan fingerprint density at radius 1 is 1.06 bits per heavy atom. The van der Waals surface area contributed by atoms with Gasteiger partial charge in [-0.1, -0.05) is 32.0 Å². The largest absolute Gasteiger partial charge is 0.497 e. The molecule has 0 aromatic heterocycles. The van der Waals surface area contributed by atoms with Crippen LogP contribution in [-0.4, -0.2) is 42.5 Å². The van der Waals surface area contributed by atoms with Crippen molar-refractivity contribution >= 4 is 27.7 Å². The van der Waals surface area contributed by atoms with E-state index in [-0.39, 0.29) is 31.0 Å². The zero-order chi connectivity index (χ0) is 23.7. The van der Waals surface area contributed by atoms with Crippen LogP contribution in [0.2, 0.25) is 0 Å². The Labute approximate surface area is 199 Å². The molecule has 0 aliphatic heterocycles. The average molecular weight is 505 g/mol. The highest BCUT2D eigenvalue weighted by molar-refractivity contribution is 9.10. The molecule has 2 aromatic rings. The summed E-state index contributed by atoms with van der Waals surface area (Å²) in [6.07, 6.45) is 1.73. The van der Waals surface area contributed by atoms with Crippen molar-refractivity contribution in [3.8, 4) is 11.5 Å². The molecule has 0 fully saturated rings. The molecule has 0 saturated carbocycles. The van der Waals surface area contributed by atoms with Crippen molar-refractivity contribution in [1.82, 2.24) is 10.2 Å². The maximum atomic E-state index is 13.2. The number of nitrogens with zero attached hydrogens (tertiary/aromatic N) is 1. The molecule has 0 radical (unpaired) electrons. The minimum absolute atomic E-state index is 0.0344. The number of amides is 2. The molecule has 0 unspecified atom stereocenters. The lowest BCUT2D eigenvalue weighted by Crippen LogP contribution is -2.50. The second kappa shape index (κ2) is 12.5. The molecule has 2 atom stereocenters. The van der Waals surface area contributed by atoms with E-state index >= 15 is 0 Å². The van der Waals surface area contributed by atoms with Crippen molar-refractivity contribution in [1.29, 1.82) is 0 Å². The quantitative estimate of drug-likeness (QED) is 0.480. The zero-order valence-electron chi connectivity index (χ0n) is 19.5. The molecule has 0 aliphatic carbocycles. The van der Waals surface area contributed by atoms with Gasteiger partial charge < -0.3 is 19.7 Å².